The van der Waals surface area contributed by atoms with Crippen molar-refractivity contribution in [1.29, 1.82) is 0 Å². The van der Waals surface area contributed by atoms with Crippen molar-refractivity contribution in [2.24, 2.45) is 0 Å². The second-order valence-electron chi connectivity index (χ2n) is 3.61. The molecule has 1 aromatic heterocycles. The first kappa shape index (κ1) is 13.7. The van der Waals surface area contributed by atoms with Crippen LogP contribution in [0.1, 0.15) is 12.6 Å². The van der Waals surface area contributed by atoms with E-state index in [-0.39, 0.29) is 5.75 Å². The molecule has 1 rings (SSSR count). The van der Waals surface area contributed by atoms with E-state index in [2.05, 4.69) is 15.0 Å². The highest BCUT2D eigenvalue weighted by Crippen LogP contribution is 2.11. The molecule has 0 aliphatic carbocycles. The molecule has 0 bridgehead atoms. The number of aromatic nitrogens is 1. The van der Waals surface area contributed by atoms with Crippen LogP contribution < -0.4 is 15.8 Å². The molecule has 0 fully saturated rings. The highest BCUT2D eigenvalue weighted by atomic mass is 32.2. The predicted molar refractivity (Wildman–Crippen MR) is 69.3 cm³/mol. The molecule has 96 valence electrons. The number of hydrogen-bond donors (Lipinski definition) is 3. The minimum absolute atomic E-state index is 0.0198. The Hall–Kier alpha value is -1.34. The third-order valence-corrected chi connectivity index (χ3v) is 3.64. The largest absolute Gasteiger partial charge is 0.397 e. The van der Waals surface area contributed by atoms with Crippen LogP contribution in [0.2, 0.25) is 0 Å². The van der Waals surface area contributed by atoms with E-state index in [1.54, 1.807) is 26.0 Å². The summed E-state index contributed by atoms with van der Waals surface area (Å²) in [6.45, 7) is 4.26. The molecular formula is C10H18N4O2S. The number of nitrogens with zero attached hydrogens (tertiary/aromatic N) is 1. The average molecular weight is 258 g/mol. The lowest BCUT2D eigenvalue weighted by Gasteiger charge is -2.08. The van der Waals surface area contributed by atoms with E-state index in [0.29, 0.717) is 24.6 Å². The Bertz CT molecular complexity index is 473. The summed E-state index contributed by atoms with van der Waals surface area (Å²) in [6, 6.07) is 3.46. The molecule has 1 aromatic rings. The van der Waals surface area contributed by atoms with E-state index in [1.165, 1.54) is 0 Å². The Kier molecular flexibility index (Phi) is 4.71. The van der Waals surface area contributed by atoms with Crippen LogP contribution in [0.25, 0.3) is 0 Å². The quantitative estimate of drug-likeness (QED) is 0.683. The standard InChI is InChI=1S/C10H18N4O2S/c1-3-13-17(15,16)7-6-12-10-5-4-9(11)8(2)14-10/h4-5,13H,3,6-7,11H2,1-2H3,(H,12,14). The Balaban J connectivity index is 2.49. The van der Waals surface area contributed by atoms with Crippen LogP contribution in [-0.2, 0) is 10.0 Å². The molecule has 0 saturated heterocycles. The van der Waals surface area contributed by atoms with Crippen LogP contribution in [0, 0.1) is 6.92 Å². The van der Waals surface area contributed by atoms with Crippen LogP contribution in [0.4, 0.5) is 11.5 Å². The maximum Gasteiger partial charge on any atom is 0.213 e. The number of rotatable bonds is 6. The van der Waals surface area contributed by atoms with Crippen molar-refractivity contribution >= 4 is 21.5 Å². The molecule has 0 amide bonds. The van der Waals surface area contributed by atoms with Gasteiger partial charge in [-0.1, -0.05) is 6.92 Å². The zero-order chi connectivity index (χ0) is 12.9. The van der Waals surface area contributed by atoms with E-state index < -0.39 is 10.0 Å². The van der Waals surface area contributed by atoms with Crippen molar-refractivity contribution in [2.45, 2.75) is 13.8 Å². The SMILES string of the molecule is CCNS(=O)(=O)CCNc1ccc(N)c(C)n1. The number of nitrogens with two attached hydrogens (primary N) is 1. The molecule has 1 heterocycles. The molecule has 17 heavy (non-hydrogen) atoms. The van der Waals surface area contributed by atoms with E-state index in [9.17, 15) is 8.42 Å². The molecule has 0 saturated carbocycles. The van der Waals surface area contributed by atoms with Gasteiger partial charge in [0.25, 0.3) is 0 Å². The van der Waals surface area contributed by atoms with Crippen molar-refractivity contribution in [3.63, 3.8) is 0 Å². The second-order valence-corrected chi connectivity index (χ2v) is 5.54. The number of nitrogens with one attached hydrogen (secondary N) is 2. The molecule has 0 radical (unpaired) electrons. The number of nitrogen functional groups attached to an aromatic ring is 1. The van der Waals surface area contributed by atoms with Gasteiger partial charge in [-0.3, -0.25) is 0 Å². The fraction of sp³-hybridized carbons (Fsp3) is 0.500. The number of aryl methyl sites for hydroxylation is 1. The highest BCUT2D eigenvalue weighted by Gasteiger charge is 2.07. The summed E-state index contributed by atoms with van der Waals surface area (Å²) in [4.78, 5) is 4.19. The monoisotopic (exact) mass is 258 g/mol. The lowest BCUT2D eigenvalue weighted by molar-refractivity contribution is 0.584. The van der Waals surface area contributed by atoms with Gasteiger partial charge in [-0.2, -0.15) is 0 Å². The van der Waals surface area contributed by atoms with E-state index >= 15 is 0 Å². The van der Waals surface area contributed by atoms with Gasteiger partial charge in [0.05, 0.1) is 17.1 Å². The van der Waals surface area contributed by atoms with Gasteiger partial charge in [0.1, 0.15) is 5.82 Å². The fourth-order valence-corrected chi connectivity index (χ4v) is 2.23. The predicted octanol–water partition coefficient (Wildman–Crippen LogP) is 0.323. The average Bonchev–Trinajstić information content (AvgIpc) is 2.23. The minimum Gasteiger partial charge on any atom is -0.397 e. The van der Waals surface area contributed by atoms with Gasteiger partial charge < -0.3 is 11.1 Å². The van der Waals surface area contributed by atoms with E-state index in [0.717, 1.165) is 5.69 Å². The molecule has 0 aromatic carbocycles. The summed E-state index contributed by atoms with van der Waals surface area (Å²) in [5.41, 5.74) is 6.98. The molecule has 0 aliphatic rings. The van der Waals surface area contributed by atoms with Crippen molar-refractivity contribution in [2.75, 3.05) is 29.9 Å². The Morgan fingerprint density at radius 1 is 1.41 bits per heavy atom. The smallest absolute Gasteiger partial charge is 0.213 e. The summed E-state index contributed by atoms with van der Waals surface area (Å²) in [5, 5.41) is 2.94. The summed E-state index contributed by atoms with van der Waals surface area (Å²) < 4.78 is 25.1. The molecule has 6 nitrogen and oxygen atoms in total. The van der Waals surface area contributed by atoms with Gasteiger partial charge in [-0.25, -0.2) is 18.1 Å². The normalized spacial score (nSPS) is 11.4. The van der Waals surface area contributed by atoms with Crippen LogP contribution in [0.15, 0.2) is 12.1 Å². The van der Waals surface area contributed by atoms with Crippen LogP contribution in [0.5, 0.6) is 0 Å². The number of sulfonamides is 1. The maximum atomic E-state index is 11.4. The zero-order valence-electron chi connectivity index (χ0n) is 10.0. The zero-order valence-corrected chi connectivity index (χ0v) is 10.8. The van der Waals surface area contributed by atoms with Crippen LogP contribution >= 0.6 is 0 Å². The summed E-state index contributed by atoms with van der Waals surface area (Å²) in [5.74, 6) is 0.648. The summed E-state index contributed by atoms with van der Waals surface area (Å²) in [7, 11) is -3.19. The lowest BCUT2D eigenvalue weighted by atomic mass is 10.3. The topological polar surface area (TPSA) is 97.1 Å². The third-order valence-electron chi connectivity index (χ3n) is 2.17. The molecule has 0 spiro atoms. The molecule has 0 unspecified atom stereocenters. The summed E-state index contributed by atoms with van der Waals surface area (Å²) in [6.07, 6.45) is 0. The van der Waals surface area contributed by atoms with Gasteiger partial charge in [0.2, 0.25) is 10.0 Å². The second kappa shape index (κ2) is 5.83. The van der Waals surface area contributed by atoms with Gasteiger partial charge in [-0.05, 0) is 19.1 Å². The molecule has 0 atom stereocenters. The Morgan fingerprint density at radius 3 is 2.71 bits per heavy atom. The van der Waals surface area contributed by atoms with Crippen molar-refractivity contribution < 1.29 is 8.42 Å². The molecule has 7 heteroatoms. The number of hydrogen-bond acceptors (Lipinski definition) is 5. The lowest BCUT2D eigenvalue weighted by Crippen LogP contribution is -2.29. The highest BCUT2D eigenvalue weighted by molar-refractivity contribution is 7.89. The van der Waals surface area contributed by atoms with Crippen LogP contribution in [0.3, 0.4) is 0 Å². The minimum atomic E-state index is -3.19. The first-order valence-corrected chi connectivity index (χ1v) is 7.04. The van der Waals surface area contributed by atoms with E-state index in [4.69, 9.17) is 5.73 Å². The number of anilines is 2. The van der Waals surface area contributed by atoms with Gasteiger partial charge in [-0.15, -0.1) is 0 Å². The molecular weight excluding hydrogens is 240 g/mol. The fourth-order valence-electron chi connectivity index (χ4n) is 1.28. The van der Waals surface area contributed by atoms with Crippen molar-refractivity contribution in [1.82, 2.24) is 9.71 Å². The van der Waals surface area contributed by atoms with Crippen LogP contribution in [-0.4, -0.2) is 32.2 Å². The van der Waals surface area contributed by atoms with Gasteiger partial charge in [0, 0.05) is 13.1 Å². The van der Waals surface area contributed by atoms with E-state index in [1.807, 2.05) is 0 Å². The molecule has 0 aliphatic heterocycles. The van der Waals surface area contributed by atoms with Gasteiger partial charge in [0.15, 0.2) is 0 Å². The molecule has 4 N–H and O–H groups in total. The maximum absolute atomic E-state index is 11.4. The first-order chi connectivity index (χ1) is 7.94. The van der Waals surface area contributed by atoms with Crippen molar-refractivity contribution in [3.05, 3.63) is 17.8 Å². The summed E-state index contributed by atoms with van der Waals surface area (Å²) >= 11 is 0. The van der Waals surface area contributed by atoms with Gasteiger partial charge >= 0.3 is 0 Å². The third kappa shape index (κ3) is 4.58. The van der Waals surface area contributed by atoms with Crippen molar-refractivity contribution in [3.8, 4) is 0 Å². The Morgan fingerprint density at radius 2 is 2.12 bits per heavy atom. The first-order valence-electron chi connectivity index (χ1n) is 5.39. The number of pyridine rings is 1. The Labute approximate surface area is 102 Å².